The Morgan fingerprint density at radius 2 is 1.72 bits per heavy atom. The molecule has 0 saturated carbocycles. The van der Waals surface area contributed by atoms with Crippen molar-refractivity contribution in [3.63, 3.8) is 0 Å². The summed E-state index contributed by atoms with van der Waals surface area (Å²) in [6.07, 6.45) is 16.4. The summed E-state index contributed by atoms with van der Waals surface area (Å²) < 4.78 is 0.429. The van der Waals surface area contributed by atoms with Gasteiger partial charge in [-0.1, -0.05) is 93.1 Å². The zero-order valence-electron chi connectivity index (χ0n) is 15.0. The van der Waals surface area contributed by atoms with Gasteiger partial charge in [0.25, 0.3) is 0 Å². The molecule has 1 aromatic heterocycles. The van der Waals surface area contributed by atoms with E-state index in [2.05, 4.69) is 17.2 Å². The third-order valence-corrected chi connectivity index (χ3v) is 5.50. The fourth-order valence-electron chi connectivity index (χ4n) is 2.62. The van der Waals surface area contributed by atoms with Gasteiger partial charge in [0.15, 0.2) is 4.33 Å². The molecule has 1 aromatic rings. The summed E-state index contributed by atoms with van der Waals surface area (Å²) in [7, 11) is 0. The molecule has 1 amide bonds. The van der Waals surface area contributed by atoms with Crippen molar-refractivity contribution >= 4 is 40.7 Å². The van der Waals surface area contributed by atoms with Gasteiger partial charge >= 0.3 is 0 Å². The smallest absolute Gasteiger partial charge is 0.221 e. The Morgan fingerprint density at radius 1 is 1.12 bits per heavy atom. The SMILES string of the molecule is CCCCCCCCCCCC(=O)NC(Cl)C(Cl)(Cl)Cn1ccnc1. The fraction of sp³-hybridized carbons (Fsp3) is 0.778. The average Bonchev–Trinajstić information content (AvgIpc) is 3.05. The topological polar surface area (TPSA) is 46.9 Å². The maximum atomic E-state index is 12.0. The molecular formula is C18H30Cl3N3O. The predicted molar refractivity (Wildman–Crippen MR) is 106 cm³/mol. The van der Waals surface area contributed by atoms with Crippen LogP contribution in [0.2, 0.25) is 0 Å². The molecule has 0 aromatic carbocycles. The zero-order chi connectivity index (χ0) is 18.5. The summed E-state index contributed by atoms with van der Waals surface area (Å²) in [4.78, 5) is 15.9. The van der Waals surface area contributed by atoms with E-state index in [1.54, 1.807) is 23.3 Å². The van der Waals surface area contributed by atoms with Crippen LogP contribution in [0.25, 0.3) is 0 Å². The molecule has 0 aliphatic heterocycles. The highest BCUT2D eigenvalue weighted by Gasteiger charge is 2.35. The molecule has 1 atom stereocenters. The largest absolute Gasteiger partial charge is 0.337 e. The Labute approximate surface area is 166 Å². The highest BCUT2D eigenvalue weighted by atomic mass is 35.5. The van der Waals surface area contributed by atoms with Crippen molar-refractivity contribution < 1.29 is 4.79 Å². The van der Waals surface area contributed by atoms with Gasteiger partial charge in [0.1, 0.15) is 5.50 Å². The predicted octanol–water partition coefficient (Wildman–Crippen LogP) is 5.66. The number of rotatable bonds is 14. The van der Waals surface area contributed by atoms with Gasteiger partial charge in [-0.05, 0) is 6.42 Å². The first-order chi connectivity index (χ1) is 12.0. The lowest BCUT2D eigenvalue weighted by atomic mass is 10.1. The third-order valence-electron chi connectivity index (χ3n) is 4.12. The minimum absolute atomic E-state index is 0.112. The van der Waals surface area contributed by atoms with Crippen LogP contribution in [0, 0.1) is 0 Å². The minimum Gasteiger partial charge on any atom is -0.337 e. The Kier molecular flexibility index (Phi) is 11.6. The second kappa shape index (κ2) is 12.8. The number of aromatic nitrogens is 2. The second-order valence-electron chi connectivity index (χ2n) is 6.50. The molecule has 0 aliphatic carbocycles. The molecule has 1 heterocycles. The third kappa shape index (κ3) is 10.3. The van der Waals surface area contributed by atoms with E-state index in [1.165, 1.54) is 44.9 Å². The monoisotopic (exact) mass is 409 g/mol. The van der Waals surface area contributed by atoms with Crippen LogP contribution in [0.3, 0.4) is 0 Å². The first-order valence-corrected chi connectivity index (χ1v) is 10.4. The average molecular weight is 411 g/mol. The molecule has 1 unspecified atom stereocenters. The van der Waals surface area contributed by atoms with Crippen molar-refractivity contribution in [2.75, 3.05) is 0 Å². The standard InChI is InChI=1S/C18H30Cl3N3O/c1-2-3-4-5-6-7-8-9-10-11-16(25)23-17(19)18(20,21)14-24-13-12-22-15-24/h12-13,15,17H,2-11,14H2,1H3,(H,23,25). The van der Waals surface area contributed by atoms with Gasteiger partial charge < -0.3 is 9.88 Å². The normalized spacial score (nSPS) is 13.0. The number of halogens is 3. The molecule has 0 aliphatic rings. The number of imidazole rings is 1. The van der Waals surface area contributed by atoms with E-state index in [0.717, 1.165) is 12.8 Å². The van der Waals surface area contributed by atoms with Gasteiger partial charge in [0.2, 0.25) is 5.91 Å². The quantitative estimate of drug-likeness (QED) is 0.244. The van der Waals surface area contributed by atoms with Crippen LogP contribution in [0.1, 0.15) is 71.1 Å². The number of nitrogens with zero attached hydrogens (tertiary/aromatic N) is 2. The minimum atomic E-state index is -1.30. The van der Waals surface area contributed by atoms with E-state index in [4.69, 9.17) is 34.8 Å². The molecule has 0 bridgehead atoms. The van der Waals surface area contributed by atoms with E-state index in [-0.39, 0.29) is 12.5 Å². The van der Waals surface area contributed by atoms with Crippen molar-refractivity contribution in [1.29, 1.82) is 0 Å². The number of hydrogen-bond donors (Lipinski definition) is 1. The lowest BCUT2D eigenvalue weighted by Gasteiger charge is -2.26. The van der Waals surface area contributed by atoms with Crippen molar-refractivity contribution in [1.82, 2.24) is 14.9 Å². The number of amides is 1. The molecule has 0 saturated heterocycles. The summed E-state index contributed by atoms with van der Waals surface area (Å²) >= 11 is 18.7. The van der Waals surface area contributed by atoms with Crippen molar-refractivity contribution in [3.8, 4) is 0 Å². The number of carbonyl (C=O) groups excluding carboxylic acids is 1. The maximum absolute atomic E-state index is 12.0. The van der Waals surface area contributed by atoms with Gasteiger partial charge in [0, 0.05) is 18.8 Å². The molecule has 0 spiro atoms. The molecular weight excluding hydrogens is 381 g/mol. The van der Waals surface area contributed by atoms with Crippen LogP contribution in [-0.2, 0) is 11.3 Å². The summed E-state index contributed by atoms with van der Waals surface area (Å²) in [5.74, 6) is -0.112. The molecule has 1 rings (SSSR count). The Morgan fingerprint density at radius 3 is 2.28 bits per heavy atom. The fourth-order valence-corrected chi connectivity index (χ4v) is 3.19. The number of alkyl halides is 3. The number of carbonyl (C=O) groups is 1. The molecule has 0 radical (unpaired) electrons. The number of unbranched alkanes of at least 4 members (excludes halogenated alkanes) is 8. The Bertz CT molecular complexity index is 466. The summed E-state index contributed by atoms with van der Waals surface area (Å²) in [6.45, 7) is 2.48. The van der Waals surface area contributed by atoms with Crippen LogP contribution in [-0.4, -0.2) is 25.3 Å². The lowest BCUT2D eigenvalue weighted by Crippen LogP contribution is -2.44. The highest BCUT2D eigenvalue weighted by Crippen LogP contribution is 2.30. The van der Waals surface area contributed by atoms with Crippen molar-refractivity contribution in [3.05, 3.63) is 18.7 Å². The van der Waals surface area contributed by atoms with Crippen LogP contribution >= 0.6 is 34.8 Å². The van der Waals surface area contributed by atoms with E-state index < -0.39 is 9.83 Å². The highest BCUT2D eigenvalue weighted by molar-refractivity contribution is 6.52. The Hall–Kier alpha value is -0.450. The Balaban J connectivity index is 2.10. The second-order valence-corrected chi connectivity index (χ2v) is 8.48. The molecule has 1 N–H and O–H groups in total. The van der Waals surface area contributed by atoms with Gasteiger partial charge in [-0.3, -0.25) is 4.79 Å². The van der Waals surface area contributed by atoms with Crippen LogP contribution in [0.5, 0.6) is 0 Å². The van der Waals surface area contributed by atoms with Gasteiger partial charge in [-0.2, -0.15) is 0 Å². The van der Waals surface area contributed by atoms with E-state index >= 15 is 0 Å². The summed E-state index contributed by atoms with van der Waals surface area (Å²) in [5.41, 5.74) is -0.857. The van der Waals surface area contributed by atoms with Gasteiger partial charge in [0.05, 0.1) is 12.9 Å². The van der Waals surface area contributed by atoms with Crippen LogP contribution in [0.4, 0.5) is 0 Å². The zero-order valence-corrected chi connectivity index (χ0v) is 17.3. The molecule has 144 valence electrons. The first-order valence-electron chi connectivity index (χ1n) is 9.22. The number of nitrogens with one attached hydrogen (secondary N) is 1. The van der Waals surface area contributed by atoms with Crippen molar-refractivity contribution in [2.24, 2.45) is 0 Å². The maximum Gasteiger partial charge on any atom is 0.221 e. The summed E-state index contributed by atoms with van der Waals surface area (Å²) in [6, 6.07) is 0. The molecule has 25 heavy (non-hydrogen) atoms. The van der Waals surface area contributed by atoms with Crippen molar-refractivity contribution in [2.45, 2.75) is 87.5 Å². The van der Waals surface area contributed by atoms with Gasteiger partial charge in [-0.15, -0.1) is 0 Å². The van der Waals surface area contributed by atoms with Crippen LogP contribution < -0.4 is 5.32 Å². The molecule has 4 nitrogen and oxygen atoms in total. The first kappa shape index (κ1) is 22.6. The van der Waals surface area contributed by atoms with E-state index in [9.17, 15) is 4.79 Å². The molecule has 0 fully saturated rings. The molecule has 7 heteroatoms. The van der Waals surface area contributed by atoms with E-state index in [1.807, 2.05) is 0 Å². The lowest BCUT2D eigenvalue weighted by molar-refractivity contribution is -0.121. The van der Waals surface area contributed by atoms with Gasteiger partial charge in [-0.25, -0.2) is 4.98 Å². The summed E-state index contributed by atoms with van der Waals surface area (Å²) in [5, 5.41) is 2.69. The van der Waals surface area contributed by atoms with Crippen LogP contribution in [0.15, 0.2) is 18.7 Å². The number of hydrogen-bond acceptors (Lipinski definition) is 2. The van der Waals surface area contributed by atoms with E-state index in [0.29, 0.717) is 6.42 Å².